The topological polar surface area (TPSA) is 120 Å². The van der Waals surface area contributed by atoms with Crippen LogP contribution in [0.1, 0.15) is 35.3 Å². The second-order valence-electron chi connectivity index (χ2n) is 5.97. The molecule has 0 bridgehead atoms. The summed E-state index contributed by atoms with van der Waals surface area (Å²) in [5.41, 5.74) is 6.81. The van der Waals surface area contributed by atoms with Gasteiger partial charge in [-0.3, -0.25) is 14.6 Å². The quantitative estimate of drug-likeness (QED) is 0.583. The summed E-state index contributed by atoms with van der Waals surface area (Å²) in [7, 11) is 0. The Hall–Kier alpha value is -2.74. The number of aryl methyl sites for hydroxylation is 1. The van der Waals surface area contributed by atoms with Crippen LogP contribution in [0.2, 0.25) is 0 Å². The fraction of sp³-hybridized carbons (Fsp3) is 0.444. The van der Waals surface area contributed by atoms with Gasteiger partial charge < -0.3 is 20.3 Å². The summed E-state index contributed by atoms with van der Waals surface area (Å²) in [5, 5.41) is 6.40. The molecule has 26 heavy (non-hydrogen) atoms. The van der Waals surface area contributed by atoms with Gasteiger partial charge in [0.05, 0.1) is 5.56 Å². The number of nitrogens with zero attached hydrogens (tertiary/aromatic N) is 2. The molecule has 1 atom stereocenters. The molecule has 2 rings (SSSR count). The number of ketones is 1. The van der Waals surface area contributed by atoms with Crippen LogP contribution < -0.4 is 15.8 Å². The molecular formula is C18H24N4O4. The molecule has 2 aromatic heterocycles. The number of rotatable bonds is 11. The van der Waals surface area contributed by atoms with Crippen molar-refractivity contribution in [3.05, 3.63) is 41.9 Å². The minimum absolute atomic E-state index is 0.104. The predicted molar refractivity (Wildman–Crippen MR) is 94.7 cm³/mol. The number of carbonyl (C=O) groups is 2. The highest BCUT2D eigenvalue weighted by Gasteiger charge is 2.20. The van der Waals surface area contributed by atoms with Crippen LogP contribution in [0.5, 0.6) is 5.88 Å². The molecule has 0 aromatic carbocycles. The fourth-order valence-electron chi connectivity index (χ4n) is 2.37. The van der Waals surface area contributed by atoms with Crippen molar-refractivity contribution in [1.82, 2.24) is 15.5 Å². The number of nitrogens with one attached hydrogen (secondary N) is 1. The summed E-state index contributed by atoms with van der Waals surface area (Å²) < 4.78 is 9.96. The third-order valence-corrected chi connectivity index (χ3v) is 3.92. The lowest BCUT2D eigenvalue weighted by Gasteiger charge is -2.16. The van der Waals surface area contributed by atoms with Gasteiger partial charge in [-0.1, -0.05) is 6.42 Å². The Morgan fingerprint density at radius 2 is 2.15 bits per heavy atom. The average Bonchev–Trinajstić information content (AvgIpc) is 3.16. The first-order chi connectivity index (χ1) is 12.6. The van der Waals surface area contributed by atoms with Crippen molar-refractivity contribution >= 4 is 11.7 Å². The normalized spacial score (nSPS) is 11.8. The minimum atomic E-state index is -0.351. The molecule has 0 spiro atoms. The largest absolute Gasteiger partial charge is 0.467 e. The van der Waals surface area contributed by atoms with Crippen LogP contribution in [0.4, 0.5) is 0 Å². The maximum Gasteiger partial charge on any atom is 0.254 e. The molecule has 0 aliphatic carbocycles. The lowest BCUT2D eigenvalue weighted by Crippen LogP contribution is -2.35. The molecule has 140 valence electrons. The molecule has 0 aliphatic heterocycles. The lowest BCUT2D eigenvalue weighted by molar-refractivity contribution is -0.125. The molecular weight excluding hydrogens is 336 g/mol. The van der Waals surface area contributed by atoms with E-state index in [0.29, 0.717) is 18.5 Å². The van der Waals surface area contributed by atoms with E-state index in [1.807, 2.05) is 6.92 Å². The zero-order valence-electron chi connectivity index (χ0n) is 14.8. The van der Waals surface area contributed by atoms with Crippen molar-refractivity contribution in [2.45, 2.75) is 26.2 Å². The highest BCUT2D eigenvalue weighted by molar-refractivity contribution is 5.94. The number of nitrogens with two attached hydrogens (primary N) is 1. The Bertz CT molecular complexity index is 686. The van der Waals surface area contributed by atoms with Gasteiger partial charge in [0.2, 0.25) is 0 Å². The number of ether oxygens (including phenoxy) is 1. The Labute approximate surface area is 152 Å². The first-order valence-corrected chi connectivity index (χ1v) is 8.57. The van der Waals surface area contributed by atoms with Crippen molar-refractivity contribution in [2.24, 2.45) is 11.7 Å². The van der Waals surface area contributed by atoms with Crippen LogP contribution in [0.25, 0.3) is 0 Å². The van der Waals surface area contributed by atoms with E-state index in [-0.39, 0.29) is 36.6 Å². The van der Waals surface area contributed by atoms with E-state index in [2.05, 4.69) is 20.0 Å². The van der Waals surface area contributed by atoms with Crippen LogP contribution in [-0.4, -0.2) is 41.5 Å². The third kappa shape index (κ3) is 6.29. The lowest BCUT2D eigenvalue weighted by atomic mass is 9.97. The van der Waals surface area contributed by atoms with Crippen molar-refractivity contribution in [3.63, 3.8) is 0 Å². The Kier molecular flexibility index (Phi) is 7.75. The summed E-state index contributed by atoms with van der Waals surface area (Å²) in [6.45, 7) is 2.53. The van der Waals surface area contributed by atoms with Crippen molar-refractivity contribution in [1.29, 1.82) is 0 Å². The first kappa shape index (κ1) is 19.6. The van der Waals surface area contributed by atoms with E-state index in [9.17, 15) is 9.59 Å². The van der Waals surface area contributed by atoms with Gasteiger partial charge in [-0.05, 0) is 43.6 Å². The van der Waals surface area contributed by atoms with Crippen molar-refractivity contribution in [3.8, 4) is 5.88 Å². The fourth-order valence-corrected chi connectivity index (χ4v) is 2.37. The zero-order valence-corrected chi connectivity index (χ0v) is 14.8. The molecule has 0 unspecified atom stereocenters. The number of carbonyl (C=O) groups excluding carboxylic acids is 2. The second kappa shape index (κ2) is 10.3. The van der Waals surface area contributed by atoms with Gasteiger partial charge >= 0.3 is 0 Å². The standard InChI is InChI=1S/C18H24N4O4/c1-13-5-6-15(11-20-13)18(24)21-10-14(4-2-3-8-19)16(23)12-25-17-7-9-26-22-17/h5-7,9,11,14H,2-4,8,10,12,19H2,1H3,(H,21,24)/t14-/m1/s1. The highest BCUT2D eigenvalue weighted by atomic mass is 16.5. The number of hydrogen-bond donors (Lipinski definition) is 2. The number of pyridine rings is 1. The summed E-state index contributed by atoms with van der Waals surface area (Å²) in [5.74, 6) is -0.455. The molecule has 8 heteroatoms. The van der Waals surface area contributed by atoms with E-state index in [1.165, 1.54) is 18.5 Å². The number of amides is 1. The maximum atomic E-state index is 12.4. The van der Waals surface area contributed by atoms with Crippen LogP contribution in [0.3, 0.4) is 0 Å². The smallest absolute Gasteiger partial charge is 0.254 e. The minimum Gasteiger partial charge on any atom is -0.467 e. The van der Waals surface area contributed by atoms with Crippen LogP contribution in [0, 0.1) is 12.8 Å². The van der Waals surface area contributed by atoms with Crippen molar-refractivity contribution in [2.75, 3.05) is 19.7 Å². The summed E-state index contributed by atoms with van der Waals surface area (Å²) in [6, 6.07) is 5.00. The van der Waals surface area contributed by atoms with E-state index in [1.54, 1.807) is 12.1 Å². The molecule has 0 saturated heterocycles. The highest BCUT2D eigenvalue weighted by Crippen LogP contribution is 2.12. The van der Waals surface area contributed by atoms with E-state index < -0.39 is 0 Å². The van der Waals surface area contributed by atoms with Gasteiger partial charge in [-0.15, -0.1) is 0 Å². The molecule has 3 N–H and O–H groups in total. The molecule has 2 heterocycles. The molecule has 0 fully saturated rings. The van der Waals surface area contributed by atoms with Gasteiger partial charge in [-0.2, -0.15) is 0 Å². The predicted octanol–water partition coefficient (Wildman–Crippen LogP) is 1.50. The molecule has 0 radical (unpaired) electrons. The summed E-state index contributed by atoms with van der Waals surface area (Å²) in [6.07, 6.45) is 5.14. The van der Waals surface area contributed by atoms with E-state index >= 15 is 0 Å². The second-order valence-corrected chi connectivity index (χ2v) is 5.97. The van der Waals surface area contributed by atoms with Gasteiger partial charge in [0.15, 0.2) is 5.78 Å². The zero-order chi connectivity index (χ0) is 18.8. The SMILES string of the molecule is Cc1ccc(C(=O)NC[C@@H](CCCCN)C(=O)COc2ccon2)cn1. The number of aromatic nitrogens is 2. The summed E-state index contributed by atoms with van der Waals surface area (Å²) >= 11 is 0. The maximum absolute atomic E-state index is 12.4. The molecule has 1 amide bonds. The monoisotopic (exact) mass is 360 g/mol. The number of unbranched alkanes of at least 4 members (excludes halogenated alkanes) is 1. The van der Waals surface area contributed by atoms with Gasteiger partial charge in [0.1, 0.15) is 12.9 Å². The molecule has 2 aromatic rings. The average molecular weight is 360 g/mol. The number of hydrogen-bond acceptors (Lipinski definition) is 7. The van der Waals surface area contributed by atoms with Crippen LogP contribution in [-0.2, 0) is 4.79 Å². The number of Topliss-reactive ketones (excluding diaryl/α,β-unsaturated/α-hetero) is 1. The Morgan fingerprint density at radius 1 is 1.31 bits per heavy atom. The van der Waals surface area contributed by atoms with Gasteiger partial charge in [-0.25, -0.2) is 0 Å². The molecule has 0 aliphatic rings. The van der Waals surface area contributed by atoms with E-state index in [4.69, 9.17) is 10.5 Å². The van der Waals surface area contributed by atoms with Gasteiger partial charge in [0.25, 0.3) is 11.8 Å². The van der Waals surface area contributed by atoms with Crippen LogP contribution in [0.15, 0.2) is 35.2 Å². The van der Waals surface area contributed by atoms with Crippen molar-refractivity contribution < 1.29 is 18.8 Å². The Morgan fingerprint density at radius 3 is 2.81 bits per heavy atom. The van der Waals surface area contributed by atoms with Crippen LogP contribution >= 0.6 is 0 Å². The van der Waals surface area contributed by atoms with Gasteiger partial charge in [0, 0.05) is 30.4 Å². The summed E-state index contributed by atoms with van der Waals surface area (Å²) in [4.78, 5) is 28.8. The molecule has 8 nitrogen and oxygen atoms in total. The van der Waals surface area contributed by atoms with E-state index in [0.717, 1.165) is 18.5 Å². The first-order valence-electron chi connectivity index (χ1n) is 8.57. The molecule has 0 saturated carbocycles. The third-order valence-electron chi connectivity index (χ3n) is 3.92. The Balaban J connectivity index is 1.89.